The molecule has 17 heavy (non-hydrogen) atoms. The van der Waals surface area contributed by atoms with Crippen LogP contribution >= 0.6 is 0 Å². The van der Waals surface area contributed by atoms with Gasteiger partial charge in [-0.25, -0.2) is 0 Å². The van der Waals surface area contributed by atoms with E-state index in [4.69, 9.17) is 10.5 Å². The van der Waals surface area contributed by atoms with Crippen molar-refractivity contribution in [1.29, 1.82) is 0 Å². The van der Waals surface area contributed by atoms with Gasteiger partial charge in [0.05, 0.1) is 6.10 Å². The van der Waals surface area contributed by atoms with Crippen molar-refractivity contribution < 1.29 is 4.74 Å². The number of hydrogen-bond donors (Lipinski definition) is 1. The maximum absolute atomic E-state index is 6.01. The first-order chi connectivity index (χ1) is 8.24. The first-order valence-corrected chi connectivity index (χ1v) is 6.38. The molecule has 0 amide bonds. The Balaban J connectivity index is 2.03. The van der Waals surface area contributed by atoms with Gasteiger partial charge in [0.2, 0.25) is 0 Å². The van der Waals surface area contributed by atoms with Crippen molar-refractivity contribution in [3.05, 3.63) is 29.8 Å². The molecule has 2 atom stereocenters. The molecule has 0 saturated carbocycles. The van der Waals surface area contributed by atoms with Gasteiger partial charge < -0.3 is 15.4 Å². The Labute approximate surface area is 104 Å². The maximum atomic E-state index is 6.01. The summed E-state index contributed by atoms with van der Waals surface area (Å²) in [6.07, 6.45) is 2.48. The Kier molecular flexibility index (Phi) is 4.02. The molecule has 2 N–H and O–H groups in total. The van der Waals surface area contributed by atoms with Crippen LogP contribution in [0.25, 0.3) is 0 Å². The summed E-state index contributed by atoms with van der Waals surface area (Å²) in [5.41, 5.74) is 8.50. The minimum absolute atomic E-state index is 0.161. The highest BCUT2D eigenvalue weighted by Crippen LogP contribution is 2.23. The summed E-state index contributed by atoms with van der Waals surface area (Å²) >= 11 is 0. The number of nitrogens with two attached hydrogens (primary N) is 1. The molecule has 1 aromatic rings. The molecule has 1 heterocycles. The molecule has 1 fully saturated rings. The largest absolute Gasteiger partial charge is 0.380 e. The van der Waals surface area contributed by atoms with Crippen LogP contribution in [0.15, 0.2) is 24.3 Å². The quantitative estimate of drug-likeness (QED) is 0.869. The van der Waals surface area contributed by atoms with Gasteiger partial charge >= 0.3 is 0 Å². The molecule has 0 aromatic heterocycles. The molecule has 0 aliphatic carbocycles. The summed E-state index contributed by atoms with van der Waals surface area (Å²) in [6, 6.07) is 8.79. The molecule has 0 bridgehead atoms. The molecule has 0 radical (unpaired) electrons. The molecular weight excluding hydrogens is 212 g/mol. The number of rotatable bonds is 4. The van der Waals surface area contributed by atoms with E-state index in [0.29, 0.717) is 6.10 Å². The van der Waals surface area contributed by atoms with Gasteiger partial charge in [0, 0.05) is 31.9 Å². The summed E-state index contributed by atoms with van der Waals surface area (Å²) in [5, 5.41) is 0. The standard InChI is InChI=1S/C14H22N2O/c1-3-14(15)11-4-6-12(7-5-11)16-9-8-13(10-16)17-2/h4-7,13-14H,3,8-10,15H2,1-2H3/t13?,14-/m1/s1. The summed E-state index contributed by atoms with van der Waals surface area (Å²) in [5.74, 6) is 0. The van der Waals surface area contributed by atoms with Crippen molar-refractivity contribution >= 4 is 5.69 Å². The molecule has 1 aliphatic heterocycles. The summed E-state index contributed by atoms with van der Waals surface area (Å²) in [6.45, 7) is 4.19. The van der Waals surface area contributed by atoms with Crippen LogP contribution < -0.4 is 10.6 Å². The molecule has 1 aromatic carbocycles. The van der Waals surface area contributed by atoms with Crippen LogP contribution in [0.1, 0.15) is 31.4 Å². The van der Waals surface area contributed by atoms with Crippen LogP contribution in [0.4, 0.5) is 5.69 Å². The van der Waals surface area contributed by atoms with Crippen LogP contribution in [0.3, 0.4) is 0 Å². The molecule has 94 valence electrons. The topological polar surface area (TPSA) is 38.5 Å². The van der Waals surface area contributed by atoms with Gasteiger partial charge in [-0.2, -0.15) is 0 Å². The van der Waals surface area contributed by atoms with E-state index in [1.54, 1.807) is 7.11 Å². The first-order valence-electron chi connectivity index (χ1n) is 6.38. The van der Waals surface area contributed by atoms with Crippen LogP contribution in [0, 0.1) is 0 Å². The van der Waals surface area contributed by atoms with Crippen LogP contribution in [0.5, 0.6) is 0 Å². The van der Waals surface area contributed by atoms with Crippen molar-refractivity contribution in [3.63, 3.8) is 0 Å². The fraction of sp³-hybridized carbons (Fsp3) is 0.571. The van der Waals surface area contributed by atoms with Gasteiger partial charge in [0.1, 0.15) is 0 Å². The number of methoxy groups -OCH3 is 1. The average molecular weight is 234 g/mol. The van der Waals surface area contributed by atoms with Crippen molar-refractivity contribution in [3.8, 4) is 0 Å². The van der Waals surface area contributed by atoms with Crippen LogP contribution in [-0.2, 0) is 4.74 Å². The second-order valence-corrected chi connectivity index (χ2v) is 4.70. The minimum atomic E-state index is 0.161. The summed E-state index contributed by atoms with van der Waals surface area (Å²) in [7, 11) is 1.79. The molecule has 1 saturated heterocycles. The zero-order valence-corrected chi connectivity index (χ0v) is 10.7. The molecule has 1 aliphatic rings. The average Bonchev–Trinajstić information content (AvgIpc) is 2.87. The highest BCUT2D eigenvalue weighted by atomic mass is 16.5. The van der Waals surface area contributed by atoms with E-state index in [-0.39, 0.29) is 6.04 Å². The SMILES string of the molecule is CC[C@@H](N)c1ccc(N2CCC(OC)C2)cc1. The minimum Gasteiger partial charge on any atom is -0.380 e. The zero-order valence-electron chi connectivity index (χ0n) is 10.7. The van der Waals surface area contributed by atoms with Crippen LogP contribution in [0.2, 0.25) is 0 Å². The van der Waals surface area contributed by atoms with Crippen molar-refractivity contribution in [1.82, 2.24) is 0 Å². The second kappa shape index (κ2) is 5.52. The molecule has 3 heteroatoms. The Bertz CT molecular complexity index is 350. The number of ether oxygens (including phenoxy) is 1. The smallest absolute Gasteiger partial charge is 0.0762 e. The lowest BCUT2D eigenvalue weighted by atomic mass is 10.1. The number of nitrogens with zero attached hydrogens (tertiary/aromatic N) is 1. The molecule has 2 rings (SSSR count). The fourth-order valence-corrected chi connectivity index (χ4v) is 2.32. The van der Waals surface area contributed by atoms with Gasteiger partial charge in [-0.3, -0.25) is 0 Å². The third kappa shape index (κ3) is 2.79. The van der Waals surface area contributed by atoms with E-state index >= 15 is 0 Å². The van der Waals surface area contributed by atoms with Gasteiger partial charge in [0.25, 0.3) is 0 Å². The van der Waals surface area contributed by atoms with Gasteiger partial charge in [-0.05, 0) is 30.5 Å². The van der Waals surface area contributed by atoms with Crippen molar-refractivity contribution in [2.75, 3.05) is 25.1 Å². The van der Waals surface area contributed by atoms with Gasteiger partial charge in [-0.1, -0.05) is 19.1 Å². The molecule has 3 nitrogen and oxygen atoms in total. The Hall–Kier alpha value is -1.06. The van der Waals surface area contributed by atoms with Gasteiger partial charge in [0.15, 0.2) is 0 Å². The van der Waals surface area contributed by atoms with E-state index in [2.05, 4.69) is 36.1 Å². The Morgan fingerprint density at radius 2 is 2.12 bits per heavy atom. The first kappa shape index (κ1) is 12.4. The second-order valence-electron chi connectivity index (χ2n) is 4.70. The summed E-state index contributed by atoms with van der Waals surface area (Å²) < 4.78 is 5.38. The molecule has 1 unspecified atom stereocenters. The Morgan fingerprint density at radius 3 is 2.65 bits per heavy atom. The number of hydrogen-bond acceptors (Lipinski definition) is 3. The molecular formula is C14H22N2O. The van der Waals surface area contributed by atoms with Crippen molar-refractivity contribution in [2.24, 2.45) is 5.73 Å². The third-order valence-corrected chi connectivity index (χ3v) is 3.60. The summed E-state index contributed by atoms with van der Waals surface area (Å²) in [4.78, 5) is 2.37. The lowest BCUT2D eigenvalue weighted by molar-refractivity contribution is 0.121. The zero-order chi connectivity index (χ0) is 12.3. The fourth-order valence-electron chi connectivity index (χ4n) is 2.32. The van der Waals surface area contributed by atoms with E-state index in [9.17, 15) is 0 Å². The van der Waals surface area contributed by atoms with Crippen LogP contribution in [-0.4, -0.2) is 26.3 Å². The van der Waals surface area contributed by atoms with Crippen molar-refractivity contribution in [2.45, 2.75) is 31.9 Å². The van der Waals surface area contributed by atoms with E-state index < -0.39 is 0 Å². The van der Waals surface area contributed by atoms with E-state index in [1.165, 1.54) is 11.3 Å². The molecule has 0 spiro atoms. The predicted octanol–water partition coefficient (Wildman–Crippen LogP) is 2.32. The normalized spacial score (nSPS) is 21.8. The Morgan fingerprint density at radius 1 is 1.41 bits per heavy atom. The van der Waals surface area contributed by atoms with Gasteiger partial charge in [-0.15, -0.1) is 0 Å². The highest BCUT2D eigenvalue weighted by Gasteiger charge is 2.22. The predicted molar refractivity (Wildman–Crippen MR) is 71.3 cm³/mol. The van der Waals surface area contributed by atoms with E-state index in [1.807, 2.05) is 0 Å². The lowest BCUT2D eigenvalue weighted by Gasteiger charge is -2.19. The monoisotopic (exact) mass is 234 g/mol. The third-order valence-electron chi connectivity index (χ3n) is 3.60. The number of benzene rings is 1. The van der Waals surface area contributed by atoms with E-state index in [0.717, 1.165) is 25.9 Å². The highest BCUT2D eigenvalue weighted by molar-refractivity contribution is 5.49. The maximum Gasteiger partial charge on any atom is 0.0762 e. The number of anilines is 1. The lowest BCUT2D eigenvalue weighted by Crippen LogP contribution is -2.22.